The van der Waals surface area contributed by atoms with Crippen molar-refractivity contribution in [3.63, 3.8) is 0 Å². The van der Waals surface area contributed by atoms with Crippen LogP contribution in [0.5, 0.6) is 0 Å². The third-order valence-electron chi connectivity index (χ3n) is 4.23. The molecule has 8 heteroatoms. The van der Waals surface area contributed by atoms with Gasteiger partial charge < -0.3 is 11.1 Å². The molecule has 0 radical (unpaired) electrons. The minimum atomic E-state index is -0.458. The van der Waals surface area contributed by atoms with E-state index in [1.807, 2.05) is 37.3 Å². The van der Waals surface area contributed by atoms with E-state index < -0.39 is 5.82 Å². The van der Waals surface area contributed by atoms with E-state index in [4.69, 9.17) is 17.3 Å². The van der Waals surface area contributed by atoms with Gasteiger partial charge in [-0.25, -0.2) is 9.37 Å². The van der Waals surface area contributed by atoms with E-state index in [2.05, 4.69) is 20.4 Å². The standard InChI is InChI=1S/C19H16ClFN6/c1-11-14(9-12-5-3-2-4-6-12)17(22)27-19(23-11)25-18(26-27)24-16-10-13(20)7-8-15(16)21/h2-8,10H,9,22H2,1H3,(H,24,26). The molecule has 0 spiro atoms. The third kappa shape index (κ3) is 3.41. The first kappa shape index (κ1) is 17.2. The Morgan fingerprint density at radius 1 is 1.15 bits per heavy atom. The fourth-order valence-electron chi connectivity index (χ4n) is 2.85. The molecule has 3 N–H and O–H groups in total. The van der Waals surface area contributed by atoms with Gasteiger partial charge >= 0.3 is 0 Å². The second kappa shape index (κ2) is 6.85. The van der Waals surface area contributed by atoms with Gasteiger partial charge in [-0.3, -0.25) is 0 Å². The van der Waals surface area contributed by atoms with Crippen molar-refractivity contribution in [1.29, 1.82) is 0 Å². The minimum Gasteiger partial charge on any atom is -0.383 e. The van der Waals surface area contributed by atoms with E-state index in [-0.39, 0.29) is 11.6 Å². The molecule has 0 fully saturated rings. The highest BCUT2D eigenvalue weighted by molar-refractivity contribution is 6.30. The lowest BCUT2D eigenvalue weighted by Crippen LogP contribution is -2.09. The second-order valence-corrected chi connectivity index (χ2v) is 6.56. The average Bonchev–Trinajstić information content (AvgIpc) is 3.05. The van der Waals surface area contributed by atoms with Crippen molar-refractivity contribution in [2.24, 2.45) is 0 Å². The van der Waals surface area contributed by atoms with Gasteiger partial charge in [-0.15, -0.1) is 5.10 Å². The Morgan fingerprint density at radius 3 is 2.70 bits per heavy atom. The highest BCUT2D eigenvalue weighted by Crippen LogP contribution is 2.24. The fraction of sp³-hybridized carbons (Fsp3) is 0.105. The van der Waals surface area contributed by atoms with Crippen molar-refractivity contribution >= 4 is 34.8 Å². The molecule has 136 valence electrons. The summed E-state index contributed by atoms with van der Waals surface area (Å²) in [6.45, 7) is 1.88. The molecule has 0 saturated heterocycles. The molecule has 4 rings (SSSR count). The topological polar surface area (TPSA) is 81.1 Å². The molecule has 0 atom stereocenters. The number of anilines is 3. The van der Waals surface area contributed by atoms with Crippen LogP contribution >= 0.6 is 11.6 Å². The number of hydrogen-bond donors (Lipinski definition) is 2. The molecule has 6 nitrogen and oxygen atoms in total. The molecule has 0 aliphatic carbocycles. The minimum absolute atomic E-state index is 0.179. The van der Waals surface area contributed by atoms with Crippen molar-refractivity contribution in [3.8, 4) is 0 Å². The van der Waals surface area contributed by atoms with Crippen molar-refractivity contribution in [2.75, 3.05) is 11.1 Å². The van der Waals surface area contributed by atoms with Crippen molar-refractivity contribution in [2.45, 2.75) is 13.3 Å². The van der Waals surface area contributed by atoms with Gasteiger partial charge in [0, 0.05) is 22.7 Å². The molecule has 2 heterocycles. The summed E-state index contributed by atoms with van der Waals surface area (Å²) in [6.07, 6.45) is 0.632. The van der Waals surface area contributed by atoms with Gasteiger partial charge in [-0.05, 0) is 30.7 Å². The zero-order valence-corrected chi connectivity index (χ0v) is 15.2. The van der Waals surface area contributed by atoms with Gasteiger partial charge in [0.25, 0.3) is 5.78 Å². The average molecular weight is 383 g/mol. The fourth-order valence-corrected chi connectivity index (χ4v) is 3.03. The second-order valence-electron chi connectivity index (χ2n) is 6.12. The van der Waals surface area contributed by atoms with Crippen molar-refractivity contribution < 1.29 is 4.39 Å². The SMILES string of the molecule is Cc1nc2nc(Nc3cc(Cl)ccc3F)nn2c(N)c1Cc1ccccc1. The molecule has 0 aliphatic rings. The number of nitrogen functional groups attached to an aromatic ring is 1. The number of rotatable bonds is 4. The normalized spacial score (nSPS) is 11.1. The van der Waals surface area contributed by atoms with Crippen LogP contribution in [0.25, 0.3) is 5.78 Å². The number of hydrogen-bond acceptors (Lipinski definition) is 5. The number of nitrogens with one attached hydrogen (secondary N) is 1. The van der Waals surface area contributed by atoms with Gasteiger partial charge in [0.1, 0.15) is 11.6 Å². The molecule has 2 aromatic carbocycles. The van der Waals surface area contributed by atoms with Gasteiger partial charge in [-0.1, -0.05) is 41.9 Å². The zero-order valence-electron chi connectivity index (χ0n) is 14.4. The van der Waals surface area contributed by atoms with Gasteiger partial charge in [0.15, 0.2) is 0 Å². The van der Waals surface area contributed by atoms with Crippen LogP contribution in [0, 0.1) is 12.7 Å². The van der Waals surface area contributed by atoms with E-state index in [1.165, 1.54) is 22.7 Å². The number of aryl methyl sites for hydroxylation is 1. The summed E-state index contributed by atoms with van der Waals surface area (Å²) in [6, 6.07) is 14.2. The Kier molecular flexibility index (Phi) is 4.37. The van der Waals surface area contributed by atoms with E-state index >= 15 is 0 Å². The van der Waals surface area contributed by atoms with Crippen LogP contribution in [-0.4, -0.2) is 19.6 Å². The zero-order chi connectivity index (χ0) is 19.0. The number of benzene rings is 2. The van der Waals surface area contributed by atoms with E-state index in [0.29, 0.717) is 23.0 Å². The maximum atomic E-state index is 13.9. The van der Waals surface area contributed by atoms with Crippen molar-refractivity contribution in [1.82, 2.24) is 19.6 Å². The monoisotopic (exact) mass is 382 g/mol. The molecular formula is C19H16ClFN6. The van der Waals surface area contributed by atoms with Crippen LogP contribution in [0.3, 0.4) is 0 Å². The van der Waals surface area contributed by atoms with Crippen LogP contribution in [0.4, 0.5) is 21.8 Å². The lowest BCUT2D eigenvalue weighted by molar-refractivity contribution is 0.631. The number of nitrogens with two attached hydrogens (primary N) is 1. The first-order valence-electron chi connectivity index (χ1n) is 8.29. The maximum Gasteiger partial charge on any atom is 0.256 e. The van der Waals surface area contributed by atoms with Crippen LogP contribution in [0.1, 0.15) is 16.8 Å². The van der Waals surface area contributed by atoms with E-state index in [9.17, 15) is 4.39 Å². The third-order valence-corrected chi connectivity index (χ3v) is 4.47. The van der Waals surface area contributed by atoms with Gasteiger partial charge in [-0.2, -0.15) is 9.50 Å². The number of fused-ring (bicyclic) bond motifs is 1. The molecule has 0 saturated carbocycles. The maximum absolute atomic E-state index is 13.9. The summed E-state index contributed by atoms with van der Waals surface area (Å²) in [5.74, 6) is 0.520. The van der Waals surface area contributed by atoms with Crippen LogP contribution in [-0.2, 0) is 6.42 Å². The Labute approximate surface area is 159 Å². The lowest BCUT2D eigenvalue weighted by atomic mass is 10.0. The Bertz CT molecular complexity index is 1130. The first-order chi connectivity index (χ1) is 13.0. The smallest absolute Gasteiger partial charge is 0.256 e. The summed E-state index contributed by atoms with van der Waals surface area (Å²) in [5.41, 5.74) is 9.27. The summed E-state index contributed by atoms with van der Waals surface area (Å²) in [7, 11) is 0. The molecule has 27 heavy (non-hydrogen) atoms. The Morgan fingerprint density at radius 2 is 1.93 bits per heavy atom. The van der Waals surface area contributed by atoms with E-state index in [1.54, 1.807) is 0 Å². The number of halogens is 2. The summed E-state index contributed by atoms with van der Waals surface area (Å²) >= 11 is 5.92. The highest BCUT2D eigenvalue weighted by Gasteiger charge is 2.15. The van der Waals surface area contributed by atoms with Crippen LogP contribution in [0.15, 0.2) is 48.5 Å². The molecule has 0 aliphatic heterocycles. The van der Waals surface area contributed by atoms with Crippen LogP contribution in [0.2, 0.25) is 5.02 Å². The van der Waals surface area contributed by atoms with Gasteiger partial charge in [0.2, 0.25) is 5.95 Å². The Hall–Kier alpha value is -3.19. The first-order valence-corrected chi connectivity index (χ1v) is 8.67. The lowest BCUT2D eigenvalue weighted by Gasteiger charge is -2.09. The highest BCUT2D eigenvalue weighted by atomic mass is 35.5. The number of nitrogens with zero attached hydrogens (tertiary/aromatic N) is 4. The molecule has 0 amide bonds. The summed E-state index contributed by atoms with van der Waals surface area (Å²) in [4.78, 5) is 8.77. The molecular weight excluding hydrogens is 367 g/mol. The predicted octanol–water partition coefficient (Wildman–Crippen LogP) is 4.14. The summed E-state index contributed by atoms with van der Waals surface area (Å²) < 4.78 is 15.4. The van der Waals surface area contributed by atoms with Crippen molar-refractivity contribution in [3.05, 3.63) is 76.2 Å². The summed E-state index contributed by atoms with van der Waals surface area (Å²) in [5, 5.41) is 7.54. The molecule has 0 bridgehead atoms. The predicted molar refractivity (Wildman–Crippen MR) is 104 cm³/mol. The molecule has 4 aromatic rings. The van der Waals surface area contributed by atoms with Gasteiger partial charge in [0.05, 0.1) is 5.69 Å². The molecule has 0 unspecified atom stereocenters. The van der Waals surface area contributed by atoms with Crippen LogP contribution < -0.4 is 11.1 Å². The molecule has 2 aromatic heterocycles. The Balaban J connectivity index is 1.72. The van der Waals surface area contributed by atoms with E-state index in [0.717, 1.165) is 16.8 Å². The largest absolute Gasteiger partial charge is 0.383 e. The number of aromatic nitrogens is 4. The quantitative estimate of drug-likeness (QED) is 0.554.